The van der Waals surface area contributed by atoms with E-state index in [9.17, 15) is 0 Å². The molecule has 0 spiro atoms. The van der Waals surface area contributed by atoms with Crippen LogP contribution in [-0.4, -0.2) is 50.3 Å². The number of hydrogen-bond donors (Lipinski definition) is 1. The van der Waals surface area contributed by atoms with E-state index >= 15 is 0 Å². The van der Waals surface area contributed by atoms with Gasteiger partial charge >= 0.3 is 0 Å². The third-order valence-electron chi connectivity index (χ3n) is 2.90. The van der Waals surface area contributed by atoms with E-state index in [0.717, 1.165) is 26.2 Å². The van der Waals surface area contributed by atoms with E-state index in [-0.39, 0.29) is 0 Å². The van der Waals surface area contributed by atoms with Crippen molar-refractivity contribution in [1.29, 1.82) is 0 Å². The molecule has 0 amide bonds. The first-order valence-electron chi connectivity index (χ1n) is 5.77. The molecule has 0 aromatic carbocycles. The van der Waals surface area contributed by atoms with E-state index in [1.165, 1.54) is 12.8 Å². The fourth-order valence-corrected chi connectivity index (χ4v) is 1.73. The second-order valence-corrected chi connectivity index (χ2v) is 4.25. The highest BCUT2D eigenvalue weighted by molar-refractivity contribution is 4.72. The lowest BCUT2D eigenvalue weighted by atomic mass is 10.2. The second kappa shape index (κ2) is 6.38. The Hall–Kier alpha value is -0.120. The van der Waals surface area contributed by atoms with Gasteiger partial charge in [0, 0.05) is 19.6 Å². The van der Waals surface area contributed by atoms with Gasteiger partial charge in [0.15, 0.2) is 0 Å². The Morgan fingerprint density at radius 3 is 2.79 bits per heavy atom. The maximum atomic E-state index is 5.72. The van der Waals surface area contributed by atoms with Crippen LogP contribution in [0, 0.1) is 0 Å². The van der Waals surface area contributed by atoms with Gasteiger partial charge < -0.3 is 15.0 Å². The number of rotatable bonds is 6. The molecule has 3 heteroatoms. The van der Waals surface area contributed by atoms with Gasteiger partial charge in [-0.15, -0.1) is 0 Å². The fourth-order valence-electron chi connectivity index (χ4n) is 1.73. The molecule has 1 heterocycles. The van der Waals surface area contributed by atoms with E-state index in [4.69, 9.17) is 4.74 Å². The van der Waals surface area contributed by atoms with Crippen LogP contribution in [0.3, 0.4) is 0 Å². The molecule has 1 aliphatic heterocycles. The summed E-state index contributed by atoms with van der Waals surface area (Å²) in [5.74, 6) is 0. The average molecular weight is 200 g/mol. The molecule has 0 aromatic heterocycles. The zero-order valence-corrected chi connectivity index (χ0v) is 9.75. The molecule has 3 nitrogen and oxygen atoms in total. The number of likely N-dealkylation sites (N-methyl/N-ethyl adjacent to an activating group) is 1. The predicted molar refractivity (Wildman–Crippen MR) is 59.6 cm³/mol. The van der Waals surface area contributed by atoms with E-state index in [1.54, 1.807) is 0 Å². The molecule has 2 unspecified atom stereocenters. The molecule has 1 N–H and O–H groups in total. The summed E-state index contributed by atoms with van der Waals surface area (Å²) in [4.78, 5) is 2.31. The van der Waals surface area contributed by atoms with Crippen molar-refractivity contribution in [2.24, 2.45) is 0 Å². The molecular formula is C11H24N2O. The molecule has 14 heavy (non-hydrogen) atoms. The van der Waals surface area contributed by atoms with Crippen LogP contribution >= 0.6 is 0 Å². The predicted octanol–water partition coefficient (Wildman–Crippen LogP) is 1.10. The summed E-state index contributed by atoms with van der Waals surface area (Å²) in [6.07, 6.45) is 3.37. The average Bonchev–Trinajstić information content (AvgIpc) is 2.58. The van der Waals surface area contributed by atoms with Gasteiger partial charge in [0.05, 0.1) is 12.2 Å². The Morgan fingerprint density at radius 2 is 2.21 bits per heavy atom. The third kappa shape index (κ3) is 4.40. The molecule has 1 fully saturated rings. The topological polar surface area (TPSA) is 24.5 Å². The van der Waals surface area contributed by atoms with Crippen molar-refractivity contribution in [2.45, 2.75) is 38.9 Å². The highest BCUT2D eigenvalue weighted by Crippen LogP contribution is 2.17. The van der Waals surface area contributed by atoms with Crippen molar-refractivity contribution in [1.82, 2.24) is 10.2 Å². The molecule has 1 rings (SSSR count). The van der Waals surface area contributed by atoms with Crippen LogP contribution in [-0.2, 0) is 4.74 Å². The van der Waals surface area contributed by atoms with E-state index < -0.39 is 0 Å². The van der Waals surface area contributed by atoms with Crippen LogP contribution in [0.4, 0.5) is 0 Å². The maximum Gasteiger partial charge on any atom is 0.0704 e. The second-order valence-electron chi connectivity index (χ2n) is 4.25. The van der Waals surface area contributed by atoms with Crippen LogP contribution in [0.25, 0.3) is 0 Å². The van der Waals surface area contributed by atoms with Crippen molar-refractivity contribution in [2.75, 3.05) is 33.2 Å². The molecule has 0 aromatic rings. The molecule has 1 aliphatic rings. The van der Waals surface area contributed by atoms with Crippen LogP contribution in [0.1, 0.15) is 26.7 Å². The first-order chi connectivity index (χ1) is 6.72. The molecule has 1 saturated heterocycles. The normalized spacial score (nSPS) is 27.4. The Balaban J connectivity index is 1.94. The van der Waals surface area contributed by atoms with Gasteiger partial charge in [0.2, 0.25) is 0 Å². The highest BCUT2D eigenvalue weighted by Gasteiger charge is 2.20. The first-order valence-corrected chi connectivity index (χ1v) is 5.77. The maximum absolute atomic E-state index is 5.72. The van der Waals surface area contributed by atoms with Gasteiger partial charge in [-0.05, 0) is 33.4 Å². The van der Waals surface area contributed by atoms with Crippen LogP contribution < -0.4 is 5.32 Å². The fraction of sp³-hybridized carbons (Fsp3) is 1.00. The summed E-state index contributed by atoms with van der Waals surface area (Å²) >= 11 is 0. The monoisotopic (exact) mass is 200 g/mol. The zero-order valence-electron chi connectivity index (χ0n) is 9.75. The zero-order chi connectivity index (χ0) is 10.4. The standard InChI is InChI=1S/C11H24N2O/c1-4-13(3)8-7-12-9-11-6-5-10(2)14-11/h10-12H,4-9H2,1-3H3. The molecule has 0 saturated carbocycles. The summed E-state index contributed by atoms with van der Waals surface area (Å²) in [6, 6.07) is 0. The molecule has 84 valence electrons. The minimum Gasteiger partial charge on any atom is -0.374 e. The van der Waals surface area contributed by atoms with Gasteiger partial charge in [-0.25, -0.2) is 0 Å². The first kappa shape index (κ1) is 12.0. The van der Waals surface area contributed by atoms with Crippen molar-refractivity contribution < 1.29 is 4.74 Å². The van der Waals surface area contributed by atoms with E-state index in [0.29, 0.717) is 12.2 Å². The van der Waals surface area contributed by atoms with Gasteiger partial charge in [-0.1, -0.05) is 6.92 Å². The van der Waals surface area contributed by atoms with Gasteiger partial charge in [-0.3, -0.25) is 0 Å². The third-order valence-corrected chi connectivity index (χ3v) is 2.90. The Morgan fingerprint density at radius 1 is 1.43 bits per heavy atom. The Labute approximate surface area is 87.8 Å². The van der Waals surface area contributed by atoms with E-state index in [2.05, 4.69) is 31.1 Å². The minimum absolute atomic E-state index is 0.455. The van der Waals surface area contributed by atoms with Gasteiger partial charge in [0.25, 0.3) is 0 Å². The van der Waals surface area contributed by atoms with Crippen molar-refractivity contribution >= 4 is 0 Å². The Kier molecular flexibility index (Phi) is 5.45. The van der Waals surface area contributed by atoms with Crippen LogP contribution in [0.2, 0.25) is 0 Å². The highest BCUT2D eigenvalue weighted by atomic mass is 16.5. The largest absolute Gasteiger partial charge is 0.374 e. The molecule has 2 atom stereocenters. The van der Waals surface area contributed by atoms with Crippen molar-refractivity contribution in [3.05, 3.63) is 0 Å². The molecule has 0 radical (unpaired) electrons. The lowest BCUT2D eigenvalue weighted by molar-refractivity contribution is 0.0559. The summed E-state index contributed by atoms with van der Waals surface area (Å²) in [6.45, 7) is 8.67. The lowest BCUT2D eigenvalue weighted by Gasteiger charge is -2.16. The summed E-state index contributed by atoms with van der Waals surface area (Å²) in [7, 11) is 2.15. The van der Waals surface area contributed by atoms with Crippen LogP contribution in [0.15, 0.2) is 0 Å². The smallest absolute Gasteiger partial charge is 0.0704 e. The van der Waals surface area contributed by atoms with Crippen molar-refractivity contribution in [3.8, 4) is 0 Å². The SMILES string of the molecule is CCN(C)CCNCC1CCC(C)O1. The number of nitrogens with zero attached hydrogens (tertiary/aromatic N) is 1. The van der Waals surface area contributed by atoms with Crippen LogP contribution in [0.5, 0.6) is 0 Å². The summed E-state index contributed by atoms with van der Waals surface area (Å²) in [5.41, 5.74) is 0. The molecular weight excluding hydrogens is 176 g/mol. The lowest BCUT2D eigenvalue weighted by Crippen LogP contribution is -2.33. The number of ether oxygens (including phenoxy) is 1. The number of hydrogen-bond acceptors (Lipinski definition) is 3. The quantitative estimate of drug-likeness (QED) is 0.650. The van der Waals surface area contributed by atoms with Gasteiger partial charge in [-0.2, -0.15) is 0 Å². The molecule has 0 aliphatic carbocycles. The van der Waals surface area contributed by atoms with E-state index in [1.807, 2.05) is 0 Å². The molecule has 0 bridgehead atoms. The summed E-state index contributed by atoms with van der Waals surface area (Å²) in [5, 5.41) is 3.45. The Bertz CT molecular complexity index is 152. The minimum atomic E-state index is 0.455. The summed E-state index contributed by atoms with van der Waals surface area (Å²) < 4.78 is 5.72. The van der Waals surface area contributed by atoms with Crippen molar-refractivity contribution in [3.63, 3.8) is 0 Å². The van der Waals surface area contributed by atoms with Gasteiger partial charge in [0.1, 0.15) is 0 Å². The number of nitrogens with one attached hydrogen (secondary N) is 1.